The first-order valence-electron chi connectivity index (χ1n) is 8.22. The van der Waals surface area contributed by atoms with Gasteiger partial charge in [-0.25, -0.2) is 4.98 Å². The predicted octanol–water partition coefficient (Wildman–Crippen LogP) is 1.94. The second kappa shape index (κ2) is 8.29. The first-order chi connectivity index (χ1) is 11.0. The summed E-state index contributed by atoms with van der Waals surface area (Å²) in [5.74, 6) is 1.45. The molecule has 1 unspecified atom stereocenters. The molecule has 0 spiro atoms. The molecule has 0 aliphatic carbocycles. The number of carbonyl (C=O) groups excluding carboxylic acids is 1. The molecule has 1 amide bonds. The van der Waals surface area contributed by atoms with E-state index < -0.39 is 0 Å². The normalized spacial score (nSPS) is 18.6. The summed E-state index contributed by atoms with van der Waals surface area (Å²) in [5, 5.41) is 9.95. The van der Waals surface area contributed by atoms with Crippen LogP contribution in [0, 0.1) is 0 Å². The second-order valence-corrected chi connectivity index (χ2v) is 6.97. The number of nitrogens with zero attached hydrogens (tertiary/aromatic N) is 3. The molecule has 1 atom stereocenters. The van der Waals surface area contributed by atoms with Crippen LogP contribution in [0.2, 0.25) is 0 Å². The van der Waals surface area contributed by atoms with Gasteiger partial charge in [0.25, 0.3) is 0 Å². The first kappa shape index (κ1) is 17.7. The Labute approximate surface area is 142 Å². The minimum Gasteiger partial charge on any atom is -0.352 e. The zero-order valence-corrected chi connectivity index (χ0v) is 15.2. The van der Waals surface area contributed by atoms with Gasteiger partial charge in [-0.05, 0) is 6.42 Å². The average Bonchev–Trinajstić information content (AvgIpc) is 3.19. The van der Waals surface area contributed by atoms with Crippen molar-refractivity contribution in [2.75, 3.05) is 20.1 Å². The van der Waals surface area contributed by atoms with Crippen LogP contribution < -0.4 is 10.6 Å². The van der Waals surface area contributed by atoms with Gasteiger partial charge in [-0.3, -0.25) is 9.79 Å². The van der Waals surface area contributed by atoms with Crippen LogP contribution in [-0.4, -0.2) is 47.9 Å². The van der Waals surface area contributed by atoms with Gasteiger partial charge < -0.3 is 15.5 Å². The Bertz CT molecular complexity index is 554. The summed E-state index contributed by atoms with van der Waals surface area (Å²) in [6, 6.07) is 0.262. The maximum atomic E-state index is 11.7. The molecule has 0 saturated carbocycles. The summed E-state index contributed by atoms with van der Waals surface area (Å²) in [4.78, 5) is 22.5. The number of guanidine groups is 1. The number of thiazole rings is 1. The van der Waals surface area contributed by atoms with E-state index in [1.165, 1.54) is 0 Å². The van der Waals surface area contributed by atoms with Crippen LogP contribution in [0.25, 0.3) is 0 Å². The summed E-state index contributed by atoms with van der Waals surface area (Å²) < 4.78 is 0. The molecule has 2 rings (SSSR count). The van der Waals surface area contributed by atoms with Crippen molar-refractivity contribution >= 4 is 23.2 Å². The molecule has 1 aromatic rings. The van der Waals surface area contributed by atoms with Gasteiger partial charge in [-0.1, -0.05) is 20.8 Å². The Morgan fingerprint density at radius 3 is 2.96 bits per heavy atom. The topological polar surface area (TPSA) is 69.6 Å². The molecule has 128 valence electrons. The highest BCUT2D eigenvalue weighted by Gasteiger charge is 2.25. The average molecular weight is 337 g/mol. The molecule has 1 fully saturated rings. The number of hydrogen-bond donors (Lipinski definition) is 2. The fourth-order valence-corrected chi connectivity index (χ4v) is 3.39. The van der Waals surface area contributed by atoms with E-state index >= 15 is 0 Å². The van der Waals surface area contributed by atoms with Crippen LogP contribution in [0.3, 0.4) is 0 Å². The summed E-state index contributed by atoms with van der Waals surface area (Å²) >= 11 is 1.70. The quantitative estimate of drug-likeness (QED) is 0.636. The van der Waals surface area contributed by atoms with Crippen molar-refractivity contribution in [2.24, 2.45) is 4.99 Å². The summed E-state index contributed by atoms with van der Waals surface area (Å²) in [5.41, 5.74) is 1.04. The van der Waals surface area contributed by atoms with E-state index in [4.69, 9.17) is 0 Å². The van der Waals surface area contributed by atoms with E-state index in [-0.39, 0.29) is 11.9 Å². The molecule has 1 saturated heterocycles. The number of aromatic nitrogens is 1. The fraction of sp³-hybridized carbons (Fsp3) is 0.688. The molecular formula is C16H27N5OS. The summed E-state index contributed by atoms with van der Waals surface area (Å²) in [7, 11) is 1.76. The van der Waals surface area contributed by atoms with Crippen molar-refractivity contribution in [2.45, 2.75) is 52.1 Å². The van der Waals surface area contributed by atoms with Crippen molar-refractivity contribution in [3.63, 3.8) is 0 Å². The van der Waals surface area contributed by atoms with Crippen molar-refractivity contribution in [1.29, 1.82) is 0 Å². The summed E-state index contributed by atoms with van der Waals surface area (Å²) in [6.07, 6.45) is 1.53. The van der Waals surface area contributed by atoms with Gasteiger partial charge in [-0.15, -0.1) is 11.3 Å². The van der Waals surface area contributed by atoms with Crippen LogP contribution in [0.1, 0.15) is 50.2 Å². The molecular weight excluding hydrogens is 310 g/mol. The standard InChI is InChI=1S/C16H27N5OS/c1-5-14(22)21-7-6-12(9-21)20-16(17-4)18-8-13-10-23-15(19-13)11(2)3/h10-12H,5-9H2,1-4H3,(H2,17,18,20). The van der Waals surface area contributed by atoms with Gasteiger partial charge in [0.2, 0.25) is 5.91 Å². The van der Waals surface area contributed by atoms with Crippen molar-refractivity contribution in [3.05, 3.63) is 16.1 Å². The zero-order chi connectivity index (χ0) is 16.8. The Hall–Kier alpha value is -1.63. The van der Waals surface area contributed by atoms with E-state index in [9.17, 15) is 4.79 Å². The van der Waals surface area contributed by atoms with Gasteiger partial charge in [0, 0.05) is 43.9 Å². The number of likely N-dealkylation sites (tertiary alicyclic amines) is 1. The maximum absolute atomic E-state index is 11.7. The SMILES string of the molecule is CCC(=O)N1CCC(NC(=NC)NCc2csc(C(C)C)n2)C1. The minimum atomic E-state index is 0.223. The van der Waals surface area contributed by atoms with E-state index in [1.807, 2.05) is 11.8 Å². The molecule has 23 heavy (non-hydrogen) atoms. The van der Waals surface area contributed by atoms with Gasteiger partial charge in [0.05, 0.1) is 17.2 Å². The molecule has 0 radical (unpaired) electrons. The lowest BCUT2D eigenvalue weighted by Crippen LogP contribution is -2.44. The smallest absolute Gasteiger partial charge is 0.222 e. The monoisotopic (exact) mass is 337 g/mol. The van der Waals surface area contributed by atoms with Crippen molar-refractivity contribution in [1.82, 2.24) is 20.5 Å². The molecule has 2 N–H and O–H groups in total. The van der Waals surface area contributed by atoms with E-state index in [0.717, 1.165) is 36.2 Å². The lowest BCUT2D eigenvalue weighted by Gasteiger charge is -2.18. The highest BCUT2D eigenvalue weighted by atomic mass is 32.1. The van der Waals surface area contributed by atoms with Gasteiger partial charge in [-0.2, -0.15) is 0 Å². The van der Waals surface area contributed by atoms with Crippen LogP contribution in [0.15, 0.2) is 10.4 Å². The third-order valence-electron chi connectivity index (χ3n) is 3.91. The zero-order valence-electron chi connectivity index (χ0n) is 14.4. The van der Waals surface area contributed by atoms with E-state index in [2.05, 4.69) is 39.8 Å². The Morgan fingerprint density at radius 2 is 2.35 bits per heavy atom. The van der Waals surface area contributed by atoms with E-state index in [1.54, 1.807) is 18.4 Å². The Morgan fingerprint density at radius 1 is 1.57 bits per heavy atom. The number of amides is 1. The number of nitrogens with one attached hydrogen (secondary N) is 2. The molecule has 0 bridgehead atoms. The van der Waals surface area contributed by atoms with Gasteiger partial charge in [0.1, 0.15) is 0 Å². The second-order valence-electron chi connectivity index (χ2n) is 6.08. The number of hydrogen-bond acceptors (Lipinski definition) is 4. The van der Waals surface area contributed by atoms with Gasteiger partial charge in [0.15, 0.2) is 5.96 Å². The third kappa shape index (κ3) is 4.92. The molecule has 1 aromatic heterocycles. The Balaban J connectivity index is 1.81. The van der Waals surface area contributed by atoms with Crippen LogP contribution >= 0.6 is 11.3 Å². The number of carbonyl (C=O) groups is 1. The maximum Gasteiger partial charge on any atom is 0.222 e. The molecule has 1 aliphatic heterocycles. The number of rotatable bonds is 5. The van der Waals surface area contributed by atoms with Gasteiger partial charge >= 0.3 is 0 Å². The highest BCUT2D eigenvalue weighted by molar-refractivity contribution is 7.09. The fourth-order valence-electron chi connectivity index (χ4n) is 2.56. The van der Waals surface area contributed by atoms with Crippen LogP contribution in [0.4, 0.5) is 0 Å². The summed E-state index contributed by atoms with van der Waals surface area (Å²) in [6.45, 7) is 8.45. The van der Waals surface area contributed by atoms with Crippen LogP contribution in [0.5, 0.6) is 0 Å². The molecule has 0 aromatic carbocycles. The molecule has 6 nitrogen and oxygen atoms in total. The van der Waals surface area contributed by atoms with Crippen molar-refractivity contribution < 1.29 is 4.79 Å². The van der Waals surface area contributed by atoms with Crippen LogP contribution in [-0.2, 0) is 11.3 Å². The third-order valence-corrected chi connectivity index (χ3v) is 5.10. The molecule has 7 heteroatoms. The first-order valence-corrected chi connectivity index (χ1v) is 9.10. The number of aliphatic imine (C=N–C) groups is 1. The van der Waals surface area contributed by atoms with E-state index in [0.29, 0.717) is 18.9 Å². The predicted molar refractivity (Wildman–Crippen MR) is 94.8 cm³/mol. The lowest BCUT2D eigenvalue weighted by atomic mass is 10.2. The minimum absolute atomic E-state index is 0.223. The molecule has 2 heterocycles. The lowest BCUT2D eigenvalue weighted by molar-refractivity contribution is -0.129. The Kier molecular flexibility index (Phi) is 6.38. The molecule has 1 aliphatic rings. The highest BCUT2D eigenvalue weighted by Crippen LogP contribution is 2.19. The van der Waals surface area contributed by atoms with Crippen molar-refractivity contribution in [3.8, 4) is 0 Å². The largest absolute Gasteiger partial charge is 0.352 e.